The highest BCUT2D eigenvalue weighted by Crippen LogP contribution is 2.14. The molecule has 0 saturated carbocycles. The van der Waals surface area contributed by atoms with Crippen LogP contribution in [0.4, 0.5) is 0 Å². The number of aliphatic hydroxyl groups excluding tert-OH is 1. The Morgan fingerprint density at radius 3 is 2.65 bits per heavy atom. The van der Waals surface area contributed by atoms with E-state index < -0.39 is 15.9 Å². The van der Waals surface area contributed by atoms with Crippen LogP contribution in [-0.4, -0.2) is 50.1 Å². The number of sulfone groups is 1. The van der Waals surface area contributed by atoms with E-state index in [1.807, 2.05) is 38.1 Å². The molecule has 1 aliphatic heterocycles. The van der Waals surface area contributed by atoms with Crippen molar-refractivity contribution in [2.75, 3.05) is 24.6 Å². The SMILES string of the molecule is CCNC(=NCC(O)c1ccc(C)cc1)NC1CCS(=O)(=O)C1. The number of nitrogens with one attached hydrogen (secondary N) is 2. The zero-order chi connectivity index (χ0) is 16.9. The molecule has 0 radical (unpaired) electrons. The lowest BCUT2D eigenvalue weighted by Gasteiger charge is -2.17. The van der Waals surface area contributed by atoms with Crippen molar-refractivity contribution in [3.8, 4) is 0 Å². The Bertz CT molecular complexity index is 641. The summed E-state index contributed by atoms with van der Waals surface area (Å²) in [7, 11) is -2.93. The van der Waals surface area contributed by atoms with Gasteiger partial charge >= 0.3 is 0 Å². The first-order valence-corrected chi connectivity index (χ1v) is 9.71. The molecule has 1 saturated heterocycles. The highest BCUT2D eigenvalue weighted by atomic mass is 32.2. The van der Waals surface area contributed by atoms with Gasteiger partial charge in [-0.1, -0.05) is 29.8 Å². The number of benzene rings is 1. The molecule has 0 amide bonds. The van der Waals surface area contributed by atoms with Crippen LogP contribution in [0.5, 0.6) is 0 Å². The molecule has 128 valence electrons. The topological polar surface area (TPSA) is 90.8 Å². The number of aliphatic hydroxyl groups is 1. The van der Waals surface area contributed by atoms with Gasteiger partial charge in [0.1, 0.15) is 0 Å². The summed E-state index contributed by atoms with van der Waals surface area (Å²) in [5.41, 5.74) is 1.96. The molecule has 7 heteroatoms. The molecule has 1 heterocycles. The fourth-order valence-electron chi connectivity index (χ4n) is 2.49. The molecule has 1 aromatic carbocycles. The molecule has 0 aromatic heterocycles. The van der Waals surface area contributed by atoms with Crippen molar-refractivity contribution in [3.05, 3.63) is 35.4 Å². The number of nitrogens with zero attached hydrogens (tertiary/aromatic N) is 1. The number of hydrogen-bond acceptors (Lipinski definition) is 4. The van der Waals surface area contributed by atoms with Gasteiger partial charge in [-0.25, -0.2) is 8.42 Å². The third kappa shape index (κ3) is 5.51. The third-order valence-corrected chi connectivity index (χ3v) is 5.57. The van der Waals surface area contributed by atoms with Crippen molar-refractivity contribution < 1.29 is 13.5 Å². The molecule has 23 heavy (non-hydrogen) atoms. The fraction of sp³-hybridized carbons (Fsp3) is 0.562. The molecular weight excluding hydrogens is 314 g/mol. The van der Waals surface area contributed by atoms with Gasteiger partial charge in [0.15, 0.2) is 15.8 Å². The Kier molecular flexibility index (Phi) is 6.01. The van der Waals surface area contributed by atoms with Crippen LogP contribution in [-0.2, 0) is 9.84 Å². The van der Waals surface area contributed by atoms with Crippen LogP contribution >= 0.6 is 0 Å². The Hall–Kier alpha value is -1.60. The molecule has 0 aliphatic carbocycles. The first kappa shape index (κ1) is 17.7. The largest absolute Gasteiger partial charge is 0.386 e. The molecule has 3 N–H and O–H groups in total. The maximum Gasteiger partial charge on any atom is 0.191 e. The van der Waals surface area contributed by atoms with Gasteiger partial charge in [-0.3, -0.25) is 4.99 Å². The minimum absolute atomic E-state index is 0.116. The molecule has 2 unspecified atom stereocenters. The Morgan fingerprint density at radius 2 is 2.09 bits per heavy atom. The van der Waals surface area contributed by atoms with Gasteiger partial charge in [0.05, 0.1) is 24.2 Å². The molecule has 6 nitrogen and oxygen atoms in total. The van der Waals surface area contributed by atoms with Crippen molar-refractivity contribution in [1.29, 1.82) is 0 Å². The van der Waals surface area contributed by atoms with Gasteiger partial charge in [0.25, 0.3) is 0 Å². The summed E-state index contributed by atoms with van der Waals surface area (Å²) in [4.78, 5) is 4.37. The summed E-state index contributed by atoms with van der Waals surface area (Å²) in [6.07, 6.45) is -0.0915. The van der Waals surface area contributed by atoms with E-state index in [-0.39, 0.29) is 24.1 Å². The highest BCUT2D eigenvalue weighted by molar-refractivity contribution is 7.91. The minimum atomic E-state index is -2.93. The summed E-state index contributed by atoms with van der Waals surface area (Å²) in [6, 6.07) is 7.57. The van der Waals surface area contributed by atoms with E-state index in [9.17, 15) is 13.5 Å². The molecule has 2 atom stereocenters. The summed E-state index contributed by atoms with van der Waals surface area (Å²) in [5, 5.41) is 16.4. The van der Waals surface area contributed by atoms with E-state index in [0.717, 1.165) is 11.1 Å². The van der Waals surface area contributed by atoms with E-state index >= 15 is 0 Å². The predicted molar refractivity (Wildman–Crippen MR) is 92.3 cm³/mol. The average molecular weight is 339 g/mol. The zero-order valence-corrected chi connectivity index (χ0v) is 14.4. The Balaban J connectivity index is 1.96. The second-order valence-corrected chi connectivity index (χ2v) is 8.12. The predicted octanol–water partition coefficient (Wildman–Crippen LogP) is 0.771. The van der Waals surface area contributed by atoms with Crippen LogP contribution in [0, 0.1) is 6.92 Å². The molecule has 0 bridgehead atoms. The second kappa shape index (κ2) is 7.79. The molecule has 1 fully saturated rings. The molecular formula is C16H25N3O3S. The zero-order valence-electron chi connectivity index (χ0n) is 13.6. The fourth-order valence-corrected chi connectivity index (χ4v) is 4.17. The van der Waals surface area contributed by atoms with Crippen LogP contribution in [0.1, 0.15) is 30.6 Å². The van der Waals surface area contributed by atoms with E-state index in [1.54, 1.807) is 0 Å². The number of rotatable bonds is 5. The maximum absolute atomic E-state index is 11.5. The summed E-state index contributed by atoms with van der Waals surface area (Å²) in [6.45, 7) is 4.83. The number of hydrogen-bond donors (Lipinski definition) is 3. The van der Waals surface area contributed by atoms with Crippen LogP contribution in [0.2, 0.25) is 0 Å². The van der Waals surface area contributed by atoms with E-state index in [0.29, 0.717) is 18.9 Å². The van der Waals surface area contributed by atoms with Gasteiger partial charge in [-0.15, -0.1) is 0 Å². The average Bonchev–Trinajstić information content (AvgIpc) is 2.84. The molecule has 1 aromatic rings. The van der Waals surface area contributed by atoms with Gasteiger partial charge in [-0.05, 0) is 25.8 Å². The quantitative estimate of drug-likeness (QED) is 0.544. The monoisotopic (exact) mass is 339 g/mol. The first-order chi connectivity index (χ1) is 10.9. The van der Waals surface area contributed by atoms with Crippen LogP contribution < -0.4 is 10.6 Å². The third-order valence-electron chi connectivity index (χ3n) is 3.80. The van der Waals surface area contributed by atoms with Gasteiger partial charge in [-0.2, -0.15) is 0 Å². The van der Waals surface area contributed by atoms with E-state index in [2.05, 4.69) is 15.6 Å². The standard InChI is InChI=1S/C16H25N3O3S/c1-3-17-16(19-14-8-9-23(21,22)11-14)18-10-15(20)13-6-4-12(2)5-7-13/h4-7,14-15,20H,3,8-11H2,1-2H3,(H2,17,18,19). The van der Waals surface area contributed by atoms with E-state index in [1.165, 1.54) is 0 Å². The van der Waals surface area contributed by atoms with Gasteiger partial charge in [0.2, 0.25) is 0 Å². The minimum Gasteiger partial charge on any atom is -0.386 e. The van der Waals surface area contributed by atoms with Gasteiger partial charge < -0.3 is 15.7 Å². The maximum atomic E-state index is 11.5. The molecule has 2 rings (SSSR count). The Labute approximate surface area is 137 Å². The van der Waals surface area contributed by atoms with Crippen molar-refractivity contribution in [2.45, 2.75) is 32.4 Å². The van der Waals surface area contributed by atoms with Crippen molar-refractivity contribution in [2.24, 2.45) is 4.99 Å². The van der Waals surface area contributed by atoms with Crippen LogP contribution in [0.15, 0.2) is 29.3 Å². The van der Waals surface area contributed by atoms with Gasteiger partial charge in [0, 0.05) is 12.6 Å². The van der Waals surface area contributed by atoms with Crippen molar-refractivity contribution >= 4 is 15.8 Å². The summed E-state index contributed by atoms with van der Waals surface area (Å²) < 4.78 is 23.0. The molecule has 1 aliphatic rings. The highest BCUT2D eigenvalue weighted by Gasteiger charge is 2.28. The number of guanidine groups is 1. The lowest BCUT2D eigenvalue weighted by atomic mass is 10.1. The normalized spacial score (nSPS) is 21.9. The smallest absolute Gasteiger partial charge is 0.191 e. The summed E-state index contributed by atoms with van der Waals surface area (Å²) in [5.74, 6) is 0.898. The number of aliphatic imine (C=N–C) groups is 1. The first-order valence-electron chi connectivity index (χ1n) is 7.89. The van der Waals surface area contributed by atoms with Crippen molar-refractivity contribution in [3.63, 3.8) is 0 Å². The van der Waals surface area contributed by atoms with Crippen LogP contribution in [0.3, 0.4) is 0 Å². The summed E-state index contributed by atoms with van der Waals surface area (Å²) >= 11 is 0. The second-order valence-electron chi connectivity index (χ2n) is 5.89. The Morgan fingerprint density at radius 1 is 1.39 bits per heavy atom. The lowest BCUT2D eigenvalue weighted by molar-refractivity contribution is 0.187. The van der Waals surface area contributed by atoms with Crippen molar-refractivity contribution in [1.82, 2.24) is 10.6 Å². The lowest BCUT2D eigenvalue weighted by Crippen LogP contribution is -2.44. The number of aryl methyl sites for hydroxylation is 1. The molecule has 0 spiro atoms. The van der Waals surface area contributed by atoms with E-state index in [4.69, 9.17) is 0 Å². The van der Waals surface area contributed by atoms with Crippen LogP contribution in [0.25, 0.3) is 0 Å².